The van der Waals surface area contributed by atoms with Crippen molar-refractivity contribution in [3.63, 3.8) is 0 Å². The van der Waals surface area contributed by atoms with Crippen molar-refractivity contribution >= 4 is 43.5 Å². The average Bonchev–Trinajstić information content (AvgIpc) is 2.21. The molecule has 0 radical (unpaired) electrons. The second-order valence-electron chi connectivity index (χ2n) is 3.27. The molecule has 1 aromatic carbocycles. The van der Waals surface area contributed by atoms with Crippen LogP contribution in [0.5, 0.6) is 0 Å². The molecule has 0 aliphatic carbocycles. The molecular formula is C11H13Br2NO2. The van der Waals surface area contributed by atoms with E-state index >= 15 is 0 Å². The fraction of sp³-hybridized carbons (Fsp3) is 0.364. The summed E-state index contributed by atoms with van der Waals surface area (Å²) < 4.78 is 6.63. The molecular weight excluding hydrogens is 338 g/mol. The Kier molecular flexibility index (Phi) is 5.28. The standard InChI is InChI=1S/C11H13Br2NO2/c1-2-16-10(15)4-3-7-5-8(12)6-9(13)11(7)14/h5-6H,2-4,14H2,1H3. The number of anilines is 1. The molecule has 0 aliphatic rings. The lowest BCUT2D eigenvalue weighted by atomic mass is 10.1. The molecule has 0 aliphatic heterocycles. The molecule has 1 rings (SSSR count). The molecule has 0 spiro atoms. The van der Waals surface area contributed by atoms with E-state index in [1.54, 1.807) is 6.92 Å². The number of benzene rings is 1. The topological polar surface area (TPSA) is 52.3 Å². The van der Waals surface area contributed by atoms with Crippen LogP contribution in [0, 0.1) is 0 Å². The Morgan fingerprint density at radius 2 is 2.12 bits per heavy atom. The maximum atomic E-state index is 11.2. The van der Waals surface area contributed by atoms with Gasteiger partial charge in [0.1, 0.15) is 0 Å². The molecule has 0 bridgehead atoms. The van der Waals surface area contributed by atoms with Crippen molar-refractivity contribution < 1.29 is 9.53 Å². The lowest BCUT2D eigenvalue weighted by molar-refractivity contribution is -0.143. The minimum atomic E-state index is -0.196. The number of nitrogens with two attached hydrogens (primary N) is 1. The van der Waals surface area contributed by atoms with Crippen LogP contribution < -0.4 is 5.73 Å². The number of carbonyl (C=O) groups is 1. The van der Waals surface area contributed by atoms with E-state index in [1.165, 1.54) is 0 Å². The number of halogens is 2. The zero-order valence-electron chi connectivity index (χ0n) is 8.93. The summed E-state index contributed by atoms with van der Waals surface area (Å²) in [6.45, 7) is 2.21. The van der Waals surface area contributed by atoms with E-state index in [4.69, 9.17) is 10.5 Å². The number of ether oxygens (including phenoxy) is 1. The smallest absolute Gasteiger partial charge is 0.306 e. The zero-order valence-corrected chi connectivity index (χ0v) is 12.1. The summed E-state index contributed by atoms with van der Waals surface area (Å²) in [6, 6.07) is 3.79. The highest BCUT2D eigenvalue weighted by Gasteiger charge is 2.08. The molecule has 88 valence electrons. The van der Waals surface area contributed by atoms with Crippen LogP contribution in [0.3, 0.4) is 0 Å². The second-order valence-corrected chi connectivity index (χ2v) is 5.04. The van der Waals surface area contributed by atoms with Crippen LogP contribution in [0.2, 0.25) is 0 Å². The molecule has 0 aromatic heterocycles. The third-order valence-corrected chi connectivity index (χ3v) is 3.20. The van der Waals surface area contributed by atoms with Crippen LogP contribution in [0.25, 0.3) is 0 Å². The predicted octanol–water partition coefficient (Wildman–Crippen LogP) is 3.29. The summed E-state index contributed by atoms with van der Waals surface area (Å²) in [5.74, 6) is -0.196. The fourth-order valence-corrected chi connectivity index (χ4v) is 2.63. The van der Waals surface area contributed by atoms with E-state index in [0.717, 1.165) is 14.5 Å². The average molecular weight is 351 g/mol. The van der Waals surface area contributed by atoms with Gasteiger partial charge in [0.25, 0.3) is 0 Å². The van der Waals surface area contributed by atoms with Gasteiger partial charge >= 0.3 is 5.97 Å². The summed E-state index contributed by atoms with van der Waals surface area (Å²) in [7, 11) is 0. The van der Waals surface area contributed by atoms with E-state index in [2.05, 4.69) is 31.9 Å². The number of rotatable bonds is 4. The largest absolute Gasteiger partial charge is 0.466 e. The van der Waals surface area contributed by atoms with Crippen molar-refractivity contribution in [2.75, 3.05) is 12.3 Å². The molecule has 0 atom stereocenters. The first kappa shape index (κ1) is 13.5. The molecule has 5 heteroatoms. The van der Waals surface area contributed by atoms with Crippen molar-refractivity contribution in [2.45, 2.75) is 19.8 Å². The monoisotopic (exact) mass is 349 g/mol. The molecule has 3 nitrogen and oxygen atoms in total. The first-order valence-corrected chi connectivity index (χ1v) is 6.52. The molecule has 0 amide bonds. The van der Waals surface area contributed by atoms with Crippen molar-refractivity contribution in [2.24, 2.45) is 0 Å². The van der Waals surface area contributed by atoms with Gasteiger partial charge in [-0.15, -0.1) is 0 Å². The first-order chi connectivity index (χ1) is 7.54. The van der Waals surface area contributed by atoms with E-state index in [-0.39, 0.29) is 5.97 Å². The highest BCUT2D eigenvalue weighted by molar-refractivity contribution is 9.11. The van der Waals surface area contributed by atoms with Gasteiger partial charge in [0.15, 0.2) is 0 Å². The molecule has 0 fully saturated rings. The second kappa shape index (κ2) is 6.25. The molecule has 0 saturated heterocycles. The molecule has 1 aromatic rings. The Morgan fingerprint density at radius 3 is 2.75 bits per heavy atom. The van der Waals surface area contributed by atoms with Gasteiger partial charge in [0.05, 0.1) is 6.61 Å². The predicted molar refractivity (Wildman–Crippen MR) is 71.2 cm³/mol. The number of carbonyl (C=O) groups excluding carboxylic acids is 1. The van der Waals surface area contributed by atoms with Gasteiger partial charge in [-0.3, -0.25) is 4.79 Å². The summed E-state index contributed by atoms with van der Waals surface area (Å²) in [5, 5.41) is 0. The van der Waals surface area contributed by atoms with Gasteiger partial charge in [0.2, 0.25) is 0 Å². The van der Waals surface area contributed by atoms with Crippen LogP contribution in [-0.4, -0.2) is 12.6 Å². The van der Waals surface area contributed by atoms with Crippen LogP contribution in [0.15, 0.2) is 21.1 Å². The maximum absolute atomic E-state index is 11.2. The van der Waals surface area contributed by atoms with Gasteiger partial charge in [0, 0.05) is 21.1 Å². The minimum absolute atomic E-state index is 0.196. The first-order valence-electron chi connectivity index (χ1n) is 4.93. The summed E-state index contributed by atoms with van der Waals surface area (Å²) in [6.07, 6.45) is 0.934. The molecule has 2 N–H and O–H groups in total. The van der Waals surface area contributed by atoms with Crippen LogP contribution in [0.4, 0.5) is 5.69 Å². The summed E-state index contributed by atoms with van der Waals surface area (Å²) >= 11 is 6.75. The van der Waals surface area contributed by atoms with Crippen molar-refractivity contribution in [3.8, 4) is 0 Å². The van der Waals surface area contributed by atoms with Crippen molar-refractivity contribution in [1.29, 1.82) is 0 Å². The van der Waals surface area contributed by atoms with Gasteiger partial charge in [-0.1, -0.05) is 15.9 Å². The number of nitrogen functional groups attached to an aromatic ring is 1. The molecule has 16 heavy (non-hydrogen) atoms. The molecule has 0 unspecified atom stereocenters. The van der Waals surface area contributed by atoms with Crippen molar-refractivity contribution in [3.05, 3.63) is 26.6 Å². The minimum Gasteiger partial charge on any atom is -0.466 e. The molecule has 0 saturated carbocycles. The Balaban J connectivity index is 2.70. The number of hydrogen-bond donors (Lipinski definition) is 1. The zero-order chi connectivity index (χ0) is 12.1. The number of aryl methyl sites for hydroxylation is 1. The van der Waals surface area contributed by atoms with Gasteiger partial charge in [-0.25, -0.2) is 0 Å². The summed E-state index contributed by atoms with van der Waals surface area (Å²) in [4.78, 5) is 11.2. The third-order valence-electron chi connectivity index (χ3n) is 2.08. The third kappa shape index (κ3) is 3.79. The number of hydrogen-bond acceptors (Lipinski definition) is 3. The lowest BCUT2D eigenvalue weighted by Crippen LogP contribution is -2.06. The van der Waals surface area contributed by atoms with E-state index in [9.17, 15) is 4.79 Å². The Morgan fingerprint density at radius 1 is 1.44 bits per heavy atom. The Hall–Kier alpha value is -0.550. The normalized spacial score (nSPS) is 10.2. The van der Waals surface area contributed by atoms with E-state index < -0.39 is 0 Å². The number of esters is 1. The van der Waals surface area contributed by atoms with Crippen LogP contribution in [-0.2, 0) is 16.0 Å². The van der Waals surface area contributed by atoms with Crippen LogP contribution in [0.1, 0.15) is 18.9 Å². The lowest BCUT2D eigenvalue weighted by Gasteiger charge is -2.08. The van der Waals surface area contributed by atoms with E-state index in [1.807, 2.05) is 12.1 Å². The van der Waals surface area contributed by atoms with Gasteiger partial charge in [-0.05, 0) is 47.0 Å². The van der Waals surface area contributed by atoms with E-state index in [0.29, 0.717) is 25.1 Å². The van der Waals surface area contributed by atoms with Crippen molar-refractivity contribution in [1.82, 2.24) is 0 Å². The van der Waals surface area contributed by atoms with Gasteiger partial charge in [-0.2, -0.15) is 0 Å². The Labute approximate surface area is 112 Å². The quantitative estimate of drug-likeness (QED) is 0.669. The highest BCUT2D eigenvalue weighted by Crippen LogP contribution is 2.28. The highest BCUT2D eigenvalue weighted by atomic mass is 79.9. The Bertz CT molecular complexity index is 394. The van der Waals surface area contributed by atoms with Crippen LogP contribution >= 0.6 is 31.9 Å². The summed E-state index contributed by atoms with van der Waals surface area (Å²) in [5.41, 5.74) is 7.50. The molecule has 0 heterocycles. The van der Waals surface area contributed by atoms with Gasteiger partial charge < -0.3 is 10.5 Å². The SMILES string of the molecule is CCOC(=O)CCc1cc(Br)cc(Br)c1N. The maximum Gasteiger partial charge on any atom is 0.306 e. The fourth-order valence-electron chi connectivity index (χ4n) is 1.31.